The average molecular weight is 235 g/mol. The smallest absolute Gasteiger partial charge is 0.303 e. The molecule has 0 radical (unpaired) electrons. The van der Waals surface area contributed by atoms with Crippen molar-refractivity contribution in [3.05, 3.63) is 0 Å². The third-order valence-electron chi connectivity index (χ3n) is 2.45. The second-order valence-electron chi connectivity index (χ2n) is 4.09. The number of hydrogen-bond acceptors (Lipinski definition) is 3. The Kier molecular flexibility index (Phi) is 4.10. The molecular weight excluding hydrogens is 218 g/mol. The first-order valence-electron chi connectivity index (χ1n) is 5.11. The van der Waals surface area contributed by atoms with Gasteiger partial charge in [0.25, 0.3) is 0 Å². The summed E-state index contributed by atoms with van der Waals surface area (Å²) in [5.41, 5.74) is 0. The molecule has 0 saturated carbocycles. The quantitative estimate of drug-likeness (QED) is 0.705. The first kappa shape index (κ1) is 12.4. The van der Waals surface area contributed by atoms with Gasteiger partial charge in [-0.2, -0.15) is 0 Å². The van der Waals surface area contributed by atoms with Crippen LogP contribution in [0, 0.1) is 5.92 Å². The van der Waals surface area contributed by atoms with Gasteiger partial charge in [0.2, 0.25) is 10.0 Å². The molecular formula is C9H17NO4S. The molecule has 0 spiro atoms. The SMILES string of the molecule is CC1CN(CCCCC(=O)O)S(=O)(=O)C1. The summed E-state index contributed by atoms with van der Waals surface area (Å²) in [5.74, 6) is -0.409. The van der Waals surface area contributed by atoms with Gasteiger partial charge in [0.1, 0.15) is 0 Å². The molecule has 1 aliphatic heterocycles. The van der Waals surface area contributed by atoms with Gasteiger partial charge in [0.05, 0.1) is 5.75 Å². The number of sulfonamides is 1. The maximum absolute atomic E-state index is 11.5. The number of unbranched alkanes of at least 4 members (excludes halogenated alkanes) is 1. The molecule has 0 aromatic heterocycles. The summed E-state index contributed by atoms with van der Waals surface area (Å²) in [4.78, 5) is 10.2. The zero-order valence-electron chi connectivity index (χ0n) is 8.85. The zero-order valence-corrected chi connectivity index (χ0v) is 9.66. The highest BCUT2D eigenvalue weighted by atomic mass is 32.2. The van der Waals surface area contributed by atoms with Crippen molar-refractivity contribution in [2.45, 2.75) is 26.2 Å². The minimum Gasteiger partial charge on any atom is -0.481 e. The highest BCUT2D eigenvalue weighted by Crippen LogP contribution is 2.19. The van der Waals surface area contributed by atoms with Crippen LogP contribution in [-0.2, 0) is 14.8 Å². The van der Waals surface area contributed by atoms with E-state index < -0.39 is 16.0 Å². The molecule has 1 rings (SSSR count). The number of carbonyl (C=O) groups is 1. The molecule has 1 saturated heterocycles. The second kappa shape index (κ2) is 4.94. The number of aliphatic carboxylic acids is 1. The predicted molar refractivity (Wildman–Crippen MR) is 56.0 cm³/mol. The first-order chi connectivity index (χ1) is 6.92. The van der Waals surface area contributed by atoms with E-state index in [0.717, 1.165) is 0 Å². The summed E-state index contributed by atoms with van der Waals surface area (Å²) in [5, 5.41) is 8.42. The number of hydrogen-bond donors (Lipinski definition) is 1. The standard InChI is InChI=1S/C9H17NO4S/c1-8-6-10(15(13,14)7-8)5-3-2-4-9(11)12/h8H,2-7H2,1H3,(H,11,12). The van der Waals surface area contributed by atoms with Gasteiger partial charge in [0, 0.05) is 19.5 Å². The Morgan fingerprint density at radius 3 is 2.60 bits per heavy atom. The molecule has 0 aliphatic carbocycles. The largest absolute Gasteiger partial charge is 0.481 e. The normalized spacial score (nSPS) is 25.5. The molecule has 5 nitrogen and oxygen atoms in total. The summed E-state index contributed by atoms with van der Waals surface area (Å²) in [6.07, 6.45) is 1.28. The molecule has 1 fully saturated rings. The fourth-order valence-corrected chi connectivity index (χ4v) is 3.70. The lowest BCUT2D eigenvalue weighted by Crippen LogP contribution is -2.27. The molecule has 6 heteroatoms. The fraction of sp³-hybridized carbons (Fsp3) is 0.889. The molecule has 88 valence electrons. The summed E-state index contributed by atoms with van der Waals surface area (Å²) >= 11 is 0. The van der Waals surface area contributed by atoms with Crippen molar-refractivity contribution in [3.63, 3.8) is 0 Å². The minimum absolute atomic E-state index is 0.115. The molecule has 15 heavy (non-hydrogen) atoms. The van der Waals surface area contributed by atoms with E-state index in [9.17, 15) is 13.2 Å². The van der Waals surface area contributed by atoms with Crippen molar-refractivity contribution in [2.24, 2.45) is 5.92 Å². The van der Waals surface area contributed by atoms with E-state index in [0.29, 0.717) is 25.9 Å². The van der Waals surface area contributed by atoms with Crippen molar-refractivity contribution in [2.75, 3.05) is 18.8 Å². The second-order valence-corrected chi connectivity index (χ2v) is 6.11. The molecule has 0 aromatic carbocycles. The van der Waals surface area contributed by atoms with Crippen LogP contribution in [0.1, 0.15) is 26.2 Å². The highest BCUT2D eigenvalue weighted by molar-refractivity contribution is 7.89. The molecule has 1 N–H and O–H groups in total. The van der Waals surface area contributed by atoms with Gasteiger partial charge in [-0.15, -0.1) is 0 Å². The highest BCUT2D eigenvalue weighted by Gasteiger charge is 2.32. The summed E-state index contributed by atoms with van der Waals surface area (Å²) in [6.45, 7) is 2.95. The molecule has 0 aromatic rings. The van der Waals surface area contributed by atoms with Crippen molar-refractivity contribution in [1.82, 2.24) is 4.31 Å². The van der Waals surface area contributed by atoms with Gasteiger partial charge >= 0.3 is 5.97 Å². The molecule has 1 atom stereocenters. The Bertz CT molecular complexity index is 325. The molecule has 0 bridgehead atoms. The first-order valence-corrected chi connectivity index (χ1v) is 6.72. The topological polar surface area (TPSA) is 74.7 Å². The van der Waals surface area contributed by atoms with E-state index >= 15 is 0 Å². The number of carboxylic acids is 1. The molecule has 1 heterocycles. The lowest BCUT2D eigenvalue weighted by Gasteiger charge is -2.13. The van der Waals surface area contributed by atoms with E-state index in [1.807, 2.05) is 6.92 Å². The van der Waals surface area contributed by atoms with Gasteiger partial charge in [0.15, 0.2) is 0 Å². The lowest BCUT2D eigenvalue weighted by molar-refractivity contribution is -0.137. The zero-order chi connectivity index (χ0) is 11.5. The van der Waals surface area contributed by atoms with Crippen LogP contribution in [0.4, 0.5) is 0 Å². The molecule has 1 aliphatic rings. The van der Waals surface area contributed by atoms with Crippen LogP contribution < -0.4 is 0 Å². The van der Waals surface area contributed by atoms with Crippen LogP contribution in [0.15, 0.2) is 0 Å². The van der Waals surface area contributed by atoms with Crippen LogP contribution in [0.25, 0.3) is 0 Å². The van der Waals surface area contributed by atoms with E-state index in [2.05, 4.69) is 0 Å². The number of carboxylic acid groups (broad SMARTS) is 1. The number of nitrogens with zero attached hydrogens (tertiary/aromatic N) is 1. The van der Waals surface area contributed by atoms with Crippen molar-refractivity contribution < 1.29 is 18.3 Å². The molecule has 1 unspecified atom stereocenters. The van der Waals surface area contributed by atoms with Gasteiger partial charge in [-0.05, 0) is 18.8 Å². The van der Waals surface area contributed by atoms with Crippen LogP contribution >= 0.6 is 0 Å². The van der Waals surface area contributed by atoms with Crippen LogP contribution in [-0.4, -0.2) is 42.6 Å². The Balaban J connectivity index is 2.30. The number of rotatable bonds is 5. The van der Waals surface area contributed by atoms with E-state index in [1.54, 1.807) is 0 Å². The van der Waals surface area contributed by atoms with Gasteiger partial charge in [-0.3, -0.25) is 4.79 Å². The monoisotopic (exact) mass is 235 g/mol. The summed E-state index contributed by atoms with van der Waals surface area (Å²) in [6, 6.07) is 0. The molecule has 0 amide bonds. The van der Waals surface area contributed by atoms with E-state index in [-0.39, 0.29) is 18.1 Å². The minimum atomic E-state index is -3.05. The van der Waals surface area contributed by atoms with Crippen LogP contribution in [0.3, 0.4) is 0 Å². The van der Waals surface area contributed by atoms with Gasteiger partial charge in [-0.1, -0.05) is 6.92 Å². The third kappa shape index (κ3) is 3.79. The maximum Gasteiger partial charge on any atom is 0.303 e. The van der Waals surface area contributed by atoms with Crippen LogP contribution in [0.5, 0.6) is 0 Å². The van der Waals surface area contributed by atoms with Crippen molar-refractivity contribution >= 4 is 16.0 Å². The van der Waals surface area contributed by atoms with Gasteiger partial charge < -0.3 is 5.11 Å². The van der Waals surface area contributed by atoms with Crippen molar-refractivity contribution in [3.8, 4) is 0 Å². The Labute approximate surface area is 90.1 Å². The van der Waals surface area contributed by atoms with Gasteiger partial charge in [-0.25, -0.2) is 12.7 Å². The predicted octanol–water partition coefficient (Wildman–Crippen LogP) is 0.523. The maximum atomic E-state index is 11.5. The Hall–Kier alpha value is -0.620. The summed E-state index contributed by atoms with van der Waals surface area (Å²) < 4.78 is 24.5. The summed E-state index contributed by atoms with van der Waals surface area (Å²) in [7, 11) is -3.05. The lowest BCUT2D eigenvalue weighted by atomic mass is 10.2. The van der Waals surface area contributed by atoms with Crippen molar-refractivity contribution in [1.29, 1.82) is 0 Å². The van der Waals surface area contributed by atoms with Crippen LogP contribution in [0.2, 0.25) is 0 Å². The Morgan fingerprint density at radius 1 is 1.47 bits per heavy atom. The Morgan fingerprint density at radius 2 is 2.13 bits per heavy atom. The fourth-order valence-electron chi connectivity index (χ4n) is 1.77. The van der Waals surface area contributed by atoms with E-state index in [4.69, 9.17) is 5.11 Å². The van der Waals surface area contributed by atoms with E-state index in [1.165, 1.54) is 4.31 Å². The third-order valence-corrected chi connectivity index (χ3v) is 4.56. The average Bonchev–Trinajstić information content (AvgIpc) is 2.33.